The Kier molecular flexibility index (Phi) is 5.30. The van der Waals surface area contributed by atoms with Crippen molar-refractivity contribution in [3.05, 3.63) is 45.7 Å². The number of hydrogen-bond donors (Lipinski definition) is 0. The first kappa shape index (κ1) is 17.4. The number of nitro benzene ring substituents is 1. The van der Waals surface area contributed by atoms with Crippen molar-refractivity contribution in [1.82, 2.24) is 9.80 Å². The summed E-state index contributed by atoms with van der Waals surface area (Å²) in [5, 5.41) is 10.7. The molecule has 0 spiro atoms. The second-order valence-electron chi connectivity index (χ2n) is 6.17. The largest absolute Gasteiger partial charge is 0.492 e. The van der Waals surface area contributed by atoms with Crippen molar-refractivity contribution in [3.8, 4) is 0 Å². The number of cyclic esters (lactones) is 1. The van der Waals surface area contributed by atoms with Crippen molar-refractivity contribution in [2.24, 2.45) is 0 Å². The van der Waals surface area contributed by atoms with Gasteiger partial charge in [-0.25, -0.2) is 4.79 Å². The minimum absolute atomic E-state index is 0.0201. The third-order valence-electron chi connectivity index (χ3n) is 4.46. The number of ether oxygens (including phenoxy) is 2. The molecule has 2 aliphatic rings. The standard InChI is InChI=1S/C17H21N3O5/c1-18-6-8-19(9-7-18)10-11-24-15-12-25-17(21)16(15)13-2-4-14(5-3-13)20(22)23/h2-5H,6-12H2,1H3. The van der Waals surface area contributed by atoms with E-state index in [-0.39, 0.29) is 12.3 Å². The van der Waals surface area contributed by atoms with Crippen LogP contribution < -0.4 is 0 Å². The zero-order valence-corrected chi connectivity index (χ0v) is 14.1. The number of hydrogen-bond acceptors (Lipinski definition) is 7. The first-order chi connectivity index (χ1) is 12.0. The molecule has 0 amide bonds. The van der Waals surface area contributed by atoms with Crippen molar-refractivity contribution < 1.29 is 19.2 Å². The van der Waals surface area contributed by atoms with Crippen LogP contribution >= 0.6 is 0 Å². The van der Waals surface area contributed by atoms with Gasteiger partial charge in [0, 0.05) is 44.9 Å². The van der Waals surface area contributed by atoms with Gasteiger partial charge in [-0.05, 0) is 24.7 Å². The highest BCUT2D eigenvalue weighted by Crippen LogP contribution is 2.28. The molecular formula is C17H21N3O5. The number of nitro groups is 1. The van der Waals surface area contributed by atoms with E-state index in [9.17, 15) is 14.9 Å². The van der Waals surface area contributed by atoms with Crippen molar-refractivity contribution in [3.63, 3.8) is 0 Å². The number of carbonyl (C=O) groups is 1. The molecule has 3 rings (SSSR count). The molecule has 1 fully saturated rings. The molecule has 1 aromatic rings. The maximum Gasteiger partial charge on any atom is 0.342 e. The predicted molar refractivity (Wildman–Crippen MR) is 90.9 cm³/mol. The van der Waals surface area contributed by atoms with Crippen molar-refractivity contribution >= 4 is 17.2 Å². The summed E-state index contributed by atoms with van der Waals surface area (Å²) in [7, 11) is 2.11. The van der Waals surface area contributed by atoms with Crippen LogP contribution in [-0.4, -0.2) is 73.7 Å². The molecule has 0 N–H and O–H groups in total. The molecule has 0 bridgehead atoms. The SMILES string of the molecule is CN1CCN(CCOC2=C(c3ccc([N+](=O)[O-])cc3)C(=O)OC2)CC1. The van der Waals surface area contributed by atoms with Gasteiger partial charge in [0.25, 0.3) is 5.69 Å². The van der Waals surface area contributed by atoms with E-state index in [1.807, 2.05) is 0 Å². The van der Waals surface area contributed by atoms with Crippen molar-refractivity contribution in [2.75, 3.05) is 53.0 Å². The van der Waals surface area contributed by atoms with Gasteiger partial charge in [-0.2, -0.15) is 0 Å². The molecule has 25 heavy (non-hydrogen) atoms. The maximum absolute atomic E-state index is 12.0. The highest BCUT2D eigenvalue weighted by molar-refractivity contribution is 6.18. The van der Waals surface area contributed by atoms with E-state index in [0.717, 1.165) is 32.7 Å². The summed E-state index contributed by atoms with van der Waals surface area (Å²) < 4.78 is 10.9. The number of benzene rings is 1. The van der Waals surface area contributed by atoms with Crippen LogP contribution in [0.4, 0.5) is 5.69 Å². The Labute approximate surface area is 145 Å². The van der Waals surface area contributed by atoms with Gasteiger partial charge in [0.1, 0.15) is 24.5 Å². The molecule has 0 radical (unpaired) electrons. The average Bonchev–Trinajstić information content (AvgIpc) is 2.97. The lowest BCUT2D eigenvalue weighted by Gasteiger charge is -2.32. The Balaban J connectivity index is 1.63. The van der Waals surface area contributed by atoms with Gasteiger partial charge in [0.2, 0.25) is 0 Å². The van der Waals surface area contributed by atoms with Gasteiger partial charge in [-0.3, -0.25) is 15.0 Å². The van der Waals surface area contributed by atoms with E-state index in [2.05, 4.69) is 16.8 Å². The number of nitrogens with zero attached hydrogens (tertiary/aromatic N) is 3. The summed E-state index contributed by atoms with van der Waals surface area (Å²) in [6.07, 6.45) is 0. The van der Waals surface area contributed by atoms with E-state index in [4.69, 9.17) is 9.47 Å². The molecular weight excluding hydrogens is 326 g/mol. The quantitative estimate of drug-likeness (QED) is 0.433. The lowest BCUT2D eigenvalue weighted by molar-refractivity contribution is -0.384. The van der Waals surface area contributed by atoms with E-state index < -0.39 is 10.9 Å². The molecule has 2 heterocycles. The number of carbonyl (C=O) groups excluding carboxylic acids is 1. The fraction of sp³-hybridized carbons (Fsp3) is 0.471. The highest BCUT2D eigenvalue weighted by atomic mass is 16.6. The molecule has 134 valence electrons. The molecule has 0 aromatic heterocycles. The summed E-state index contributed by atoms with van der Waals surface area (Å²) in [6, 6.07) is 5.83. The number of rotatable bonds is 6. The van der Waals surface area contributed by atoms with E-state index in [1.165, 1.54) is 12.1 Å². The Morgan fingerprint density at radius 1 is 1.20 bits per heavy atom. The van der Waals surface area contributed by atoms with E-state index in [1.54, 1.807) is 12.1 Å². The van der Waals surface area contributed by atoms with E-state index in [0.29, 0.717) is 23.5 Å². The van der Waals surface area contributed by atoms with Crippen LogP contribution in [0.15, 0.2) is 30.0 Å². The lowest BCUT2D eigenvalue weighted by atomic mass is 10.1. The molecule has 2 aliphatic heterocycles. The molecule has 1 saturated heterocycles. The van der Waals surface area contributed by atoms with Crippen LogP contribution in [0.5, 0.6) is 0 Å². The van der Waals surface area contributed by atoms with Gasteiger partial charge in [-0.1, -0.05) is 0 Å². The molecule has 8 heteroatoms. The molecule has 0 unspecified atom stereocenters. The first-order valence-corrected chi connectivity index (χ1v) is 8.23. The molecule has 0 saturated carbocycles. The summed E-state index contributed by atoms with van der Waals surface area (Å²) in [5.41, 5.74) is 0.907. The van der Waals surface area contributed by atoms with Crippen LogP contribution in [0.3, 0.4) is 0 Å². The zero-order chi connectivity index (χ0) is 17.8. The molecule has 0 atom stereocenters. The van der Waals surface area contributed by atoms with Crippen LogP contribution in [0.2, 0.25) is 0 Å². The van der Waals surface area contributed by atoms with Gasteiger partial charge in [0.15, 0.2) is 0 Å². The van der Waals surface area contributed by atoms with Crippen LogP contribution in [0, 0.1) is 10.1 Å². The smallest absolute Gasteiger partial charge is 0.342 e. The second kappa shape index (κ2) is 7.62. The van der Waals surface area contributed by atoms with Crippen LogP contribution in [0.1, 0.15) is 5.56 Å². The number of esters is 1. The highest BCUT2D eigenvalue weighted by Gasteiger charge is 2.28. The Morgan fingerprint density at radius 3 is 2.52 bits per heavy atom. The molecule has 1 aromatic carbocycles. The normalized spacial score (nSPS) is 19.2. The lowest BCUT2D eigenvalue weighted by Crippen LogP contribution is -2.45. The van der Waals surface area contributed by atoms with Crippen LogP contribution in [-0.2, 0) is 14.3 Å². The monoisotopic (exact) mass is 347 g/mol. The summed E-state index contributed by atoms with van der Waals surface area (Å²) >= 11 is 0. The van der Waals surface area contributed by atoms with Crippen LogP contribution in [0.25, 0.3) is 5.57 Å². The topological polar surface area (TPSA) is 85.1 Å². The van der Waals surface area contributed by atoms with Crippen molar-refractivity contribution in [1.29, 1.82) is 0 Å². The average molecular weight is 347 g/mol. The zero-order valence-electron chi connectivity index (χ0n) is 14.1. The third kappa shape index (κ3) is 4.15. The Morgan fingerprint density at radius 2 is 1.88 bits per heavy atom. The predicted octanol–water partition coefficient (Wildman–Crippen LogP) is 1.13. The summed E-state index contributed by atoms with van der Waals surface area (Å²) in [5.74, 6) is 0.0384. The maximum atomic E-state index is 12.0. The first-order valence-electron chi connectivity index (χ1n) is 8.23. The number of likely N-dealkylation sites (N-methyl/N-ethyl adjacent to an activating group) is 1. The van der Waals surface area contributed by atoms with Gasteiger partial charge >= 0.3 is 5.97 Å². The second-order valence-corrected chi connectivity index (χ2v) is 6.17. The van der Waals surface area contributed by atoms with E-state index >= 15 is 0 Å². The Bertz CT molecular complexity index is 678. The minimum atomic E-state index is -0.474. The Hall–Kier alpha value is -2.45. The van der Waals surface area contributed by atoms with Gasteiger partial charge in [-0.15, -0.1) is 0 Å². The molecule has 8 nitrogen and oxygen atoms in total. The summed E-state index contributed by atoms with van der Waals surface area (Å²) in [6.45, 7) is 5.46. The number of non-ortho nitro benzene ring substituents is 1. The van der Waals surface area contributed by atoms with Crippen molar-refractivity contribution in [2.45, 2.75) is 0 Å². The third-order valence-corrected chi connectivity index (χ3v) is 4.46. The molecule has 0 aliphatic carbocycles. The minimum Gasteiger partial charge on any atom is -0.492 e. The van der Waals surface area contributed by atoms with Gasteiger partial charge < -0.3 is 14.4 Å². The fourth-order valence-electron chi connectivity index (χ4n) is 2.90. The number of piperazine rings is 1. The van der Waals surface area contributed by atoms with Gasteiger partial charge in [0.05, 0.1) is 4.92 Å². The summed E-state index contributed by atoms with van der Waals surface area (Å²) in [4.78, 5) is 26.9. The fourth-order valence-corrected chi connectivity index (χ4v) is 2.90.